The summed E-state index contributed by atoms with van der Waals surface area (Å²) >= 11 is 3.24. The summed E-state index contributed by atoms with van der Waals surface area (Å²) in [7, 11) is -3.54. The second-order valence-electron chi connectivity index (χ2n) is 3.95. The number of carbonyl (C=O) groups excluding carboxylic acids is 1. The summed E-state index contributed by atoms with van der Waals surface area (Å²) < 4.78 is 31.9. The molecule has 0 unspecified atom stereocenters. The van der Waals surface area contributed by atoms with Gasteiger partial charge in [0.05, 0.1) is 11.4 Å². The van der Waals surface area contributed by atoms with Crippen molar-refractivity contribution in [3.8, 4) is 0 Å². The number of nitrogens with one attached hydrogen (secondary N) is 1. The number of hydrogen-bond acceptors (Lipinski definition) is 4. The average molecular weight is 349 g/mol. The summed E-state index contributed by atoms with van der Waals surface area (Å²) in [6, 6.07) is 6.34. The third-order valence-electron chi connectivity index (χ3n) is 2.64. The highest BCUT2D eigenvalue weighted by molar-refractivity contribution is 9.10. The summed E-state index contributed by atoms with van der Waals surface area (Å²) in [6.45, 7) is 1.32. The fraction of sp³-hybridized carbons (Fsp3) is 0.364. The lowest BCUT2D eigenvalue weighted by atomic mass is 10.4. The molecule has 1 aromatic carbocycles. The van der Waals surface area contributed by atoms with Gasteiger partial charge in [-0.25, -0.2) is 17.9 Å². The number of sulfonamides is 1. The summed E-state index contributed by atoms with van der Waals surface area (Å²) in [6.07, 6.45) is -0.400. The minimum Gasteiger partial charge on any atom is -0.448 e. The third-order valence-corrected chi connectivity index (χ3v) is 4.65. The van der Waals surface area contributed by atoms with E-state index in [9.17, 15) is 13.2 Å². The van der Waals surface area contributed by atoms with Crippen LogP contribution in [0.2, 0.25) is 0 Å². The number of cyclic esters (lactones) is 1. The quantitative estimate of drug-likeness (QED) is 0.866. The molecule has 6 nitrogen and oxygen atoms in total. The van der Waals surface area contributed by atoms with Crippen LogP contribution in [0.5, 0.6) is 0 Å². The van der Waals surface area contributed by atoms with Gasteiger partial charge in [0.25, 0.3) is 0 Å². The molecule has 0 saturated carbocycles. The summed E-state index contributed by atoms with van der Waals surface area (Å²) in [5, 5.41) is 0. The van der Waals surface area contributed by atoms with Gasteiger partial charge in [0.15, 0.2) is 0 Å². The molecule has 2 rings (SSSR count). The van der Waals surface area contributed by atoms with Crippen LogP contribution in [0.1, 0.15) is 0 Å². The number of rotatable bonds is 5. The minimum absolute atomic E-state index is 0.160. The minimum atomic E-state index is -3.54. The molecule has 19 heavy (non-hydrogen) atoms. The lowest BCUT2D eigenvalue weighted by Gasteiger charge is -2.13. The Morgan fingerprint density at radius 1 is 1.32 bits per heavy atom. The molecule has 1 amide bonds. The average Bonchev–Trinajstić information content (AvgIpc) is 2.75. The maximum atomic E-state index is 11.9. The van der Waals surface area contributed by atoms with Gasteiger partial charge in [-0.2, -0.15) is 0 Å². The lowest BCUT2D eigenvalue weighted by molar-refractivity contribution is 0.159. The van der Waals surface area contributed by atoms with Gasteiger partial charge in [-0.05, 0) is 24.3 Å². The van der Waals surface area contributed by atoms with Crippen LogP contribution in [0.15, 0.2) is 33.6 Å². The molecule has 8 heteroatoms. The second-order valence-corrected chi connectivity index (χ2v) is 6.64. The molecule has 1 aliphatic heterocycles. The van der Waals surface area contributed by atoms with Gasteiger partial charge in [0.2, 0.25) is 10.0 Å². The normalized spacial score (nSPS) is 15.6. The van der Waals surface area contributed by atoms with E-state index < -0.39 is 16.1 Å². The molecule has 104 valence electrons. The molecule has 1 heterocycles. The van der Waals surface area contributed by atoms with Gasteiger partial charge in [0, 0.05) is 17.6 Å². The Balaban J connectivity index is 1.91. The third kappa shape index (κ3) is 3.68. The number of carbonyl (C=O) groups is 1. The van der Waals surface area contributed by atoms with E-state index in [1.54, 1.807) is 12.1 Å². The van der Waals surface area contributed by atoms with Crippen molar-refractivity contribution in [2.24, 2.45) is 0 Å². The first-order chi connectivity index (χ1) is 8.99. The zero-order valence-corrected chi connectivity index (χ0v) is 12.4. The van der Waals surface area contributed by atoms with Crippen molar-refractivity contribution < 1.29 is 17.9 Å². The fourth-order valence-corrected chi connectivity index (χ4v) is 2.93. The van der Waals surface area contributed by atoms with Crippen molar-refractivity contribution in [2.45, 2.75) is 4.90 Å². The van der Waals surface area contributed by atoms with Gasteiger partial charge >= 0.3 is 6.09 Å². The Hall–Kier alpha value is -1.12. The van der Waals surface area contributed by atoms with E-state index in [0.717, 1.165) is 4.47 Å². The van der Waals surface area contributed by atoms with Crippen LogP contribution < -0.4 is 4.72 Å². The first-order valence-electron chi connectivity index (χ1n) is 5.66. The number of hydrogen-bond donors (Lipinski definition) is 1. The molecule has 1 aromatic rings. The molecule has 0 aliphatic carbocycles. The number of amides is 1. The van der Waals surface area contributed by atoms with Gasteiger partial charge in [-0.3, -0.25) is 0 Å². The van der Waals surface area contributed by atoms with E-state index in [1.807, 2.05) is 0 Å². The van der Waals surface area contributed by atoms with Gasteiger partial charge in [0.1, 0.15) is 6.61 Å². The Labute approximate surface area is 119 Å². The molecule has 0 bridgehead atoms. The maximum Gasteiger partial charge on any atom is 0.409 e. The van der Waals surface area contributed by atoms with E-state index in [1.165, 1.54) is 17.0 Å². The van der Waals surface area contributed by atoms with Crippen molar-refractivity contribution in [2.75, 3.05) is 26.2 Å². The monoisotopic (exact) mass is 348 g/mol. The van der Waals surface area contributed by atoms with Crippen molar-refractivity contribution in [1.29, 1.82) is 0 Å². The Kier molecular flexibility index (Phi) is 4.43. The van der Waals surface area contributed by atoms with Crippen molar-refractivity contribution in [1.82, 2.24) is 9.62 Å². The second kappa shape index (κ2) is 5.89. The first-order valence-corrected chi connectivity index (χ1v) is 7.93. The van der Waals surface area contributed by atoms with E-state index >= 15 is 0 Å². The Morgan fingerprint density at radius 2 is 2.00 bits per heavy atom. The van der Waals surface area contributed by atoms with Crippen LogP contribution >= 0.6 is 15.9 Å². The predicted octanol–water partition coefficient (Wildman–Crippen LogP) is 1.18. The molecule has 0 atom stereocenters. The molecule has 1 aliphatic rings. The standard InChI is InChI=1S/C11H13BrN2O4S/c12-9-1-3-10(4-2-9)19(16,17)13-5-6-14-7-8-18-11(14)15/h1-4,13H,5-8H2. The van der Waals surface area contributed by atoms with Crippen LogP contribution in [-0.2, 0) is 14.8 Å². The predicted molar refractivity (Wildman–Crippen MR) is 72.3 cm³/mol. The highest BCUT2D eigenvalue weighted by Gasteiger charge is 2.22. The Bertz CT molecular complexity index is 559. The summed E-state index contributed by atoms with van der Waals surface area (Å²) in [4.78, 5) is 12.8. The molecule has 0 radical (unpaired) electrons. The van der Waals surface area contributed by atoms with Crippen LogP contribution in [0, 0.1) is 0 Å². The SMILES string of the molecule is O=C1OCCN1CCNS(=O)(=O)c1ccc(Br)cc1. The van der Waals surface area contributed by atoms with Gasteiger partial charge < -0.3 is 9.64 Å². The van der Waals surface area contributed by atoms with Gasteiger partial charge in [-0.15, -0.1) is 0 Å². The molecule has 1 saturated heterocycles. The van der Waals surface area contributed by atoms with E-state index in [-0.39, 0.29) is 11.4 Å². The highest BCUT2D eigenvalue weighted by atomic mass is 79.9. The zero-order valence-electron chi connectivity index (χ0n) is 10.0. The molecule has 1 fully saturated rings. The number of ether oxygens (including phenoxy) is 1. The maximum absolute atomic E-state index is 11.9. The Morgan fingerprint density at radius 3 is 2.58 bits per heavy atom. The summed E-state index contributed by atoms with van der Waals surface area (Å²) in [5.74, 6) is 0. The summed E-state index contributed by atoms with van der Waals surface area (Å²) in [5.41, 5.74) is 0. The van der Waals surface area contributed by atoms with Gasteiger partial charge in [-0.1, -0.05) is 15.9 Å². The number of halogens is 1. The molecular formula is C11H13BrN2O4S. The van der Waals surface area contributed by atoms with Crippen molar-refractivity contribution >= 4 is 32.0 Å². The topological polar surface area (TPSA) is 75.7 Å². The van der Waals surface area contributed by atoms with E-state index in [4.69, 9.17) is 4.74 Å². The zero-order chi connectivity index (χ0) is 13.9. The molecular weight excluding hydrogens is 336 g/mol. The first kappa shape index (κ1) is 14.3. The van der Waals surface area contributed by atoms with Crippen LogP contribution in [0.25, 0.3) is 0 Å². The van der Waals surface area contributed by atoms with Crippen molar-refractivity contribution in [3.05, 3.63) is 28.7 Å². The smallest absolute Gasteiger partial charge is 0.409 e. The molecule has 1 N–H and O–H groups in total. The van der Waals surface area contributed by atoms with Crippen LogP contribution in [0.3, 0.4) is 0 Å². The van der Waals surface area contributed by atoms with Crippen molar-refractivity contribution in [3.63, 3.8) is 0 Å². The molecule has 0 aromatic heterocycles. The van der Waals surface area contributed by atoms with E-state index in [0.29, 0.717) is 19.7 Å². The number of nitrogens with zero attached hydrogens (tertiary/aromatic N) is 1. The lowest BCUT2D eigenvalue weighted by Crippen LogP contribution is -2.35. The highest BCUT2D eigenvalue weighted by Crippen LogP contribution is 2.14. The van der Waals surface area contributed by atoms with Crippen LogP contribution in [0.4, 0.5) is 4.79 Å². The number of benzene rings is 1. The molecule has 0 spiro atoms. The fourth-order valence-electron chi connectivity index (χ4n) is 1.64. The largest absolute Gasteiger partial charge is 0.448 e. The van der Waals surface area contributed by atoms with Crippen LogP contribution in [-0.4, -0.2) is 45.7 Å². The van der Waals surface area contributed by atoms with E-state index in [2.05, 4.69) is 20.7 Å².